The van der Waals surface area contributed by atoms with E-state index in [1.165, 1.54) is 0 Å². The second kappa shape index (κ2) is 11.0. The van der Waals surface area contributed by atoms with Crippen LogP contribution in [0.1, 0.15) is 2.85 Å². The van der Waals surface area contributed by atoms with Gasteiger partial charge in [0.2, 0.25) is 0 Å². The third kappa shape index (κ3) is 7.76. The first-order valence-electron chi connectivity index (χ1n) is 3.47. The second-order valence-corrected chi connectivity index (χ2v) is 2.51. The predicted octanol–water partition coefficient (Wildman–Crippen LogP) is -9.26. The quantitative estimate of drug-likeness (QED) is 0.270. The van der Waals surface area contributed by atoms with Gasteiger partial charge in [-0.1, -0.05) is 0 Å². The molecule has 6 N–H and O–H groups in total. The first-order valence-corrected chi connectivity index (χ1v) is 3.47. The van der Waals surface area contributed by atoms with E-state index in [9.17, 15) is 4.79 Å². The maximum atomic E-state index is 10.1. The van der Waals surface area contributed by atoms with E-state index < -0.39 is 37.0 Å². The zero-order valence-electron chi connectivity index (χ0n) is 10.6. The van der Waals surface area contributed by atoms with Gasteiger partial charge in [-0.3, -0.25) is 0 Å². The summed E-state index contributed by atoms with van der Waals surface area (Å²) in [5.41, 5.74) is 0. The molecule has 82 valence electrons. The molecule has 0 aromatic carbocycles. The molecule has 0 spiro atoms. The first kappa shape index (κ1) is 22.1. The molecule has 9 heteroatoms. The van der Waals surface area contributed by atoms with Gasteiger partial charge in [0.1, 0.15) is 18.3 Å². The maximum Gasteiger partial charge on any atom is 1.00 e. The van der Waals surface area contributed by atoms with E-state index in [4.69, 9.17) is 30.6 Å². The topological polar surface area (TPSA) is 138 Å². The molecule has 0 saturated heterocycles. The fourth-order valence-electron chi connectivity index (χ4n) is 0.668. The fourth-order valence-corrected chi connectivity index (χ4v) is 0.668. The molecule has 4 atom stereocenters. The van der Waals surface area contributed by atoms with Crippen molar-refractivity contribution in [2.24, 2.45) is 0 Å². The van der Waals surface area contributed by atoms with Gasteiger partial charge in [-0.25, -0.2) is 4.79 Å². The molecule has 0 rings (SSSR count). The molecule has 0 unspecified atom stereocenters. The summed E-state index contributed by atoms with van der Waals surface area (Å²) in [5.74, 6) is -1.73. The minimum Gasteiger partial charge on any atom is -1.00 e. The Labute approximate surface area is 154 Å². The largest absolute Gasteiger partial charge is 1.00 e. The van der Waals surface area contributed by atoms with E-state index in [2.05, 4.69) is 0 Å². The van der Waals surface area contributed by atoms with Gasteiger partial charge < -0.3 is 33.5 Å². The molecule has 0 aliphatic heterocycles. The first-order chi connectivity index (χ1) is 5.91. The Hall–Kier alpha value is 1.91. The Kier molecular flexibility index (Phi) is 16.3. The van der Waals surface area contributed by atoms with Crippen LogP contribution in [0.25, 0.3) is 0 Å². The van der Waals surface area contributed by atoms with Crippen molar-refractivity contribution < 1.29 is 119 Å². The fraction of sp³-hybridized carbons (Fsp3) is 0.833. The SMILES string of the molecule is O=C(O)[C@H](O)[C@@H](O)[C@H](O)[C@H](O)CO.[H-].[H-].[K+].[Na+]. The van der Waals surface area contributed by atoms with Crippen molar-refractivity contribution in [3.05, 3.63) is 0 Å². The van der Waals surface area contributed by atoms with Gasteiger partial charge in [0.05, 0.1) is 6.61 Å². The average Bonchev–Trinajstić information content (AvgIpc) is 2.12. The minimum absolute atomic E-state index is 0. The van der Waals surface area contributed by atoms with Gasteiger partial charge in [-0.15, -0.1) is 0 Å². The van der Waals surface area contributed by atoms with E-state index in [0.29, 0.717) is 0 Å². The van der Waals surface area contributed by atoms with Crippen LogP contribution in [0.4, 0.5) is 0 Å². The van der Waals surface area contributed by atoms with Crippen LogP contribution in [0.15, 0.2) is 0 Å². The van der Waals surface area contributed by atoms with Crippen LogP contribution in [-0.4, -0.2) is 67.6 Å². The molecular weight excluding hydrogens is 246 g/mol. The van der Waals surface area contributed by atoms with E-state index in [0.717, 1.165) is 0 Å². The molecule has 0 aromatic heterocycles. The normalized spacial score (nSPS) is 17.7. The van der Waals surface area contributed by atoms with Gasteiger partial charge in [0.15, 0.2) is 6.10 Å². The summed E-state index contributed by atoms with van der Waals surface area (Å²) in [5, 5.41) is 51.8. The van der Waals surface area contributed by atoms with Crippen molar-refractivity contribution >= 4 is 5.97 Å². The number of hydrogen-bond acceptors (Lipinski definition) is 6. The molecule has 0 heterocycles. The van der Waals surface area contributed by atoms with Crippen LogP contribution in [0.3, 0.4) is 0 Å². The van der Waals surface area contributed by atoms with Gasteiger partial charge in [-0.2, -0.15) is 0 Å². The van der Waals surface area contributed by atoms with Crippen LogP contribution >= 0.6 is 0 Å². The molecule has 0 aliphatic rings. The number of rotatable bonds is 5. The number of carboxylic acids is 1. The maximum absolute atomic E-state index is 10.1. The molecule has 0 aromatic rings. The molecule has 7 nitrogen and oxygen atoms in total. The van der Waals surface area contributed by atoms with E-state index >= 15 is 0 Å². The molecule has 0 amide bonds. The summed E-state index contributed by atoms with van der Waals surface area (Å²) >= 11 is 0. The van der Waals surface area contributed by atoms with Gasteiger partial charge in [0, 0.05) is 0 Å². The molecule has 0 fully saturated rings. The molecule has 0 saturated carbocycles. The smallest absolute Gasteiger partial charge is 1.00 e. The van der Waals surface area contributed by atoms with Crippen LogP contribution in [-0.2, 0) is 4.79 Å². The average molecular weight is 260 g/mol. The summed E-state index contributed by atoms with van der Waals surface area (Å²) in [4.78, 5) is 10.1. The van der Waals surface area contributed by atoms with Gasteiger partial charge in [-0.05, 0) is 0 Å². The minimum atomic E-state index is -2.20. The Morgan fingerprint density at radius 2 is 1.53 bits per heavy atom. The summed E-state index contributed by atoms with van der Waals surface area (Å²) in [7, 11) is 0. The van der Waals surface area contributed by atoms with Crippen LogP contribution < -0.4 is 80.9 Å². The Balaban J connectivity index is -0.000000120. The van der Waals surface area contributed by atoms with Crippen molar-refractivity contribution in [2.75, 3.05) is 6.61 Å². The van der Waals surface area contributed by atoms with Crippen LogP contribution in [0, 0.1) is 0 Å². The number of aliphatic hydroxyl groups is 5. The third-order valence-electron chi connectivity index (χ3n) is 1.51. The zero-order valence-corrected chi connectivity index (χ0v) is 13.7. The van der Waals surface area contributed by atoms with Gasteiger partial charge >= 0.3 is 86.9 Å². The summed E-state index contributed by atoms with van der Waals surface area (Å²) in [6.45, 7) is -0.843. The predicted molar refractivity (Wildman–Crippen MR) is 41.0 cm³/mol. The van der Waals surface area contributed by atoms with Gasteiger partial charge in [0.25, 0.3) is 0 Å². The van der Waals surface area contributed by atoms with Crippen molar-refractivity contribution in [3.8, 4) is 0 Å². The zero-order chi connectivity index (χ0) is 10.6. The number of aliphatic carboxylic acids is 1. The number of carboxylic acid groups (broad SMARTS) is 1. The van der Waals surface area contributed by atoms with Crippen molar-refractivity contribution in [1.29, 1.82) is 0 Å². The van der Waals surface area contributed by atoms with E-state index in [-0.39, 0.29) is 83.8 Å². The summed E-state index contributed by atoms with van der Waals surface area (Å²) < 4.78 is 0. The monoisotopic (exact) mass is 260 g/mol. The molecule has 15 heavy (non-hydrogen) atoms. The van der Waals surface area contributed by atoms with Crippen molar-refractivity contribution in [1.82, 2.24) is 0 Å². The van der Waals surface area contributed by atoms with Crippen LogP contribution in [0.2, 0.25) is 0 Å². The molecule has 0 aliphatic carbocycles. The summed E-state index contributed by atoms with van der Waals surface area (Å²) in [6.07, 6.45) is -7.84. The standard InChI is InChI=1S/C6H12O7.K.Na.2H/c7-1-2(8)3(9)4(10)5(11)6(12)13;;;;/h2-5,7-11H,1H2,(H,12,13);;;;/q;2*+1;2*-1/t2-,3-,4+,5-;;;;/m1..../s1. The molecule has 0 radical (unpaired) electrons. The Morgan fingerprint density at radius 1 is 1.13 bits per heavy atom. The number of carbonyl (C=O) groups is 1. The number of hydrogen-bond donors (Lipinski definition) is 6. The molecule has 0 bridgehead atoms. The van der Waals surface area contributed by atoms with Crippen LogP contribution in [0.5, 0.6) is 0 Å². The second-order valence-electron chi connectivity index (χ2n) is 2.51. The third-order valence-corrected chi connectivity index (χ3v) is 1.51. The van der Waals surface area contributed by atoms with E-state index in [1.54, 1.807) is 0 Å². The Bertz CT molecular complexity index is 190. The van der Waals surface area contributed by atoms with Crippen molar-refractivity contribution in [3.63, 3.8) is 0 Å². The summed E-state index contributed by atoms with van der Waals surface area (Å²) in [6, 6.07) is 0. The molecular formula is C6H14KNaO7. The van der Waals surface area contributed by atoms with E-state index in [1.807, 2.05) is 0 Å². The Morgan fingerprint density at radius 3 is 1.80 bits per heavy atom. The number of aliphatic hydroxyl groups excluding tert-OH is 5. The van der Waals surface area contributed by atoms with Crippen molar-refractivity contribution in [2.45, 2.75) is 24.4 Å².